The van der Waals surface area contributed by atoms with E-state index in [1.165, 1.54) is 0 Å². The van der Waals surface area contributed by atoms with Crippen molar-refractivity contribution in [3.63, 3.8) is 0 Å². The molecule has 154 valence electrons. The van der Waals surface area contributed by atoms with Crippen molar-refractivity contribution in [1.29, 1.82) is 0 Å². The molecule has 29 heavy (non-hydrogen) atoms. The average Bonchev–Trinajstić information content (AvgIpc) is 2.68. The van der Waals surface area contributed by atoms with Gasteiger partial charge in [0.15, 0.2) is 0 Å². The Morgan fingerprint density at radius 1 is 0.966 bits per heavy atom. The van der Waals surface area contributed by atoms with Crippen molar-refractivity contribution in [2.24, 2.45) is 0 Å². The fraction of sp³-hybridized carbons (Fsp3) is 0.286. The number of amides is 3. The highest BCUT2D eigenvalue weighted by Crippen LogP contribution is 2.24. The number of carbonyl (C=O) groups is 3. The predicted octanol–water partition coefficient (Wildman–Crippen LogP) is 2.67. The standard InChI is InChI=1S/C21H26N4O3S/c1-4-22-21(28)15-8-7-9-16(12-15)23-19(26)13-25(2)14-20(27)24-17-10-5-6-11-18(17)29-3/h5-12H,4,13-14H2,1-3H3,(H,22,28)(H,23,26)(H,24,27). The summed E-state index contributed by atoms with van der Waals surface area (Å²) in [6.07, 6.45) is 1.95. The topological polar surface area (TPSA) is 90.5 Å². The molecule has 3 N–H and O–H groups in total. The Bertz CT molecular complexity index is 873. The molecule has 0 aliphatic heterocycles. The lowest BCUT2D eigenvalue weighted by atomic mass is 10.2. The number of carbonyl (C=O) groups excluding carboxylic acids is 3. The minimum absolute atomic E-state index is 0.0446. The van der Waals surface area contributed by atoms with Crippen molar-refractivity contribution in [3.8, 4) is 0 Å². The molecule has 2 aromatic carbocycles. The number of hydrogen-bond acceptors (Lipinski definition) is 5. The normalized spacial score (nSPS) is 10.5. The number of hydrogen-bond donors (Lipinski definition) is 3. The maximum absolute atomic E-state index is 12.3. The highest BCUT2D eigenvalue weighted by molar-refractivity contribution is 7.98. The summed E-state index contributed by atoms with van der Waals surface area (Å²) in [6.45, 7) is 2.50. The molecule has 0 saturated carbocycles. The van der Waals surface area contributed by atoms with Crippen LogP contribution in [-0.2, 0) is 9.59 Å². The third-order valence-electron chi connectivity index (χ3n) is 3.95. The highest BCUT2D eigenvalue weighted by atomic mass is 32.2. The Kier molecular flexibility index (Phi) is 8.69. The molecule has 0 bridgehead atoms. The first-order valence-electron chi connectivity index (χ1n) is 9.22. The molecule has 2 rings (SSSR count). The van der Waals surface area contributed by atoms with E-state index in [4.69, 9.17) is 0 Å². The largest absolute Gasteiger partial charge is 0.352 e. The van der Waals surface area contributed by atoms with Gasteiger partial charge >= 0.3 is 0 Å². The molecular weight excluding hydrogens is 388 g/mol. The molecule has 0 atom stereocenters. The van der Waals surface area contributed by atoms with Crippen LogP contribution >= 0.6 is 11.8 Å². The minimum Gasteiger partial charge on any atom is -0.352 e. The van der Waals surface area contributed by atoms with Crippen molar-refractivity contribution in [2.75, 3.05) is 43.6 Å². The van der Waals surface area contributed by atoms with Crippen LogP contribution in [0.4, 0.5) is 11.4 Å². The van der Waals surface area contributed by atoms with Gasteiger partial charge < -0.3 is 16.0 Å². The average molecular weight is 415 g/mol. The lowest BCUT2D eigenvalue weighted by molar-refractivity contribution is -0.119. The SMILES string of the molecule is CCNC(=O)c1cccc(NC(=O)CN(C)CC(=O)Nc2ccccc2SC)c1. The van der Waals surface area contributed by atoms with Crippen LogP contribution in [0.3, 0.4) is 0 Å². The third-order valence-corrected chi connectivity index (χ3v) is 4.75. The van der Waals surface area contributed by atoms with Gasteiger partial charge in [-0.1, -0.05) is 18.2 Å². The molecule has 0 aliphatic rings. The summed E-state index contributed by atoms with van der Waals surface area (Å²) in [5, 5.41) is 8.34. The first kappa shape index (κ1) is 22.4. The summed E-state index contributed by atoms with van der Waals surface area (Å²) in [7, 11) is 1.70. The molecule has 0 radical (unpaired) electrons. The molecule has 2 aromatic rings. The zero-order valence-corrected chi connectivity index (χ0v) is 17.6. The van der Waals surface area contributed by atoms with Crippen molar-refractivity contribution in [1.82, 2.24) is 10.2 Å². The van der Waals surface area contributed by atoms with Crippen LogP contribution in [0.2, 0.25) is 0 Å². The van der Waals surface area contributed by atoms with Gasteiger partial charge in [-0.25, -0.2) is 0 Å². The van der Waals surface area contributed by atoms with Crippen LogP contribution < -0.4 is 16.0 Å². The zero-order valence-electron chi connectivity index (χ0n) is 16.8. The van der Waals surface area contributed by atoms with Crippen LogP contribution in [0.1, 0.15) is 17.3 Å². The Balaban J connectivity index is 1.86. The van der Waals surface area contributed by atoms with E-state index in [9.17, 15) is 14.4 Å². The van der Waals surface area contributed by atoms with Gasteiger partial charge in [0.2, 0.25) is 11.8 Å². The maximum Gasteiger partial charge on any atom is 0.251 e. The van der Waals surface area contributed by atoms with Crippen LogP contribution in [-0.4, -0.2) is 55.6 Å². The monoisotopic (exact) mass is 414 g/mol. The molecule has 3 amide bonds. The third kappa shape index (κ3) is 7.24. The number of benzene rings is 2. The fourth-order valence-electron chi connectivity index (χ4n) is 2.69. The van der Waals surface area contributed by atoms with Gasteiger partial charge in [-0.15, -0.1) is 11.8 Å². The summed E-state index contributed by atoms with van der Waals surface area (Å²) in [4.78, 5) is 39.1. The quantitative estimate of drug-likeness (QED) is 0.549. The van der Waals surface area contributed by atoms with Gasteiger partial charge in [0.25, 0.3) is 5.91 Å². The second kappa shape index (κ2) is 11.2. The molecule has 0 spiro atoms. The highest BCUT2D eigenvalue weighted by Gasteiger charge is 2.13. The maximum atomic E-state index is 12.3. The van der Waals surface area contributed by atoms with E-state index in [1.807, 2.05) is 37.4 Å². The van der Waals surface area contributed by atoms with Crippen molar-refractivity contribution in [2.45, 2.75) is 11.8 Å². The van der Waals surface area contributed by atoms with E-state index in [2.05, 4.69) is 16.0 Å². The van der Waals surface area contributed by atoms with Gasteiger partial charge in [0.05, 0.1) is 18.8 Å². The Hall–Kier alpha value is -2.84. The van der Waals surface area contributed by atoms with Crippen molar-refractivity contribution >= 4 is 40.9 Å². The second-order valence-corrected chi connectivity index (χ2v) is 7.26. The van der Waals surface area contributed by atoms with Crippen LogP contribution in [0.25, 0.3) is 0 Å². The first-order chi connectivity index (χ1) is 13.9. The molecule has 7 nitrogen and oxygen atoms in total. The summed E-state index contributed by atoms with van der Waals surface area (Å²) in [6, 6.07) is 14.3. The summed E-state index contributed by atoms with van der Waals surface area (Å²) >= 11 is 1.55. The van der Waals surface area contributed by atoms with E-state index in [0.29, 0.717) is 17.8 Å². The van der Waals surface area contributed by atoms with Gasteiger partial charge in [-0.2, -0.15) is 0 Å². The predicted molar refractivity (Wildman–Crippen MR) is 117 cm³/mol. The zero-order chi connectivity index (χ0) is 21.2. The number of anilines is 2. The van der Waals surface area contributed by atoms with E-state index in [0.717, 1.165) is 10.6 Å². The molecule has 0 heterocycles. The molecule has 0 unspecified atom stereocenters. The Morgan fingerprint density at radius 2 is 1.66 bits per heavy atom. The van der Waals surface area contributed by atoms with Crippen LogP contribution in [0, 0.1) is 0 Å². The molecule has 8 heteroatoms. The first-order valence-corrected chi connectivity index (χ1v) is 10.4. The van der Waals surface area contributed by atoms with E-state index < -0.39 is 0 Å². The Morgan fingerprint density at radius 3 is 2.34 bits per heavy atom. The van der Waals surface area contributed by atoms with Gasteiger partial charge in [-0.05, 0) is 50.6 Å². The molecule has 0 aromatic heterocycles. The van der Waals surface area contributed by atoms with Gasteiger partial charge in [0.1, 0.15) is 0 Å². The smallest absolute Gasteiger partial charge is 0.251 e. The second-order valence-electron chi connectivity index (χ2n) is 6.41. The number of nitrogens with zero attached hydrogens (tertiary/aromatic N) is 1. The summed E-state index contributed by atoms with van der Waals surface area (Å²) in [5.74, 6) is -0.652. The minimum atomic E-state index is -0.266. The van der Waals surface area contributed by atoms with Crippen LogP contribution in [0.5, 0.6) is 0 Å². The molecule has 0 saturated heterocycles. The number of likely N-dealkylation sites (N-methyl/N-ethyl adjacent to an activating group) is 1. The molecule has 0 fully saturated rings. The van der Waals surface area contributed by atoms with Gasteiger partial charge in [0, 0.05) is 22.7 Å². The number of nitrogens with one attached hydrogen (secondary N) is 3. The van der Waals surface area contributed by atoms with E-state index >= 15 is 0 Å². The number of rotatable bonds is 9. The summed E-state index contributed by atoms with van der Waals surface area (Å²) < 4.78 is 0. The van der Waals surface area contributed by atoms with Crippen molar-refractivity contribution < 1.29 is 14.4 Å². The lowest BCUT2D eigenvalue weighted by Gasteiger charge is -2.17. The van der Waals surface area contributed by atoms with E-state index in [-0.39, 0.29) is 30.8 Å². The van der Waals surface area contributed by atoms with Crippen LogP contribution in [0.15, 0.2) is 53.4 Å². The molecular formula is C21H26N4O3S. The summed E-state index contributed by atoms with van der Waals surface area (Å²) in [5.41, 5.74) is 1.76. The van der Waals surface area contributed by atoms with E-state index in [1.54, 1.807) is 48.0 Å². The lowest BCUT2D eigenvalue weighted by Crippen LogP contribution is -2.36. The van der Waals surface area contributed by atoms with Gasteiger partial charge in [-0.3, -0.25) is 19.3 Å². The Labute approximate surface area is 175 Å². The number of thioether (sulfide) groups is 1. The number of para-hydroxylation sites is 1. The van der Waals surface area contributed by atoms with Crippen molar-refractivity contribution in [3.05, 3.63) is 54.1 Å². The fourth-order valence-corrected chi connectivity index (χ4v) is 3.24. The molecule has 0 aliphatic carbocycles.